The van der Waals surface area contributed by atoms with Crippen LogP contribution in [0.15, 0.2) is 79.1 Å². The number of nitrogens with zero attached hydrogens (tertiary/aromatic N) is 4. The number of hydrogen-bond acceptors (Lipinski definition) is 7. The molecule has 2 aromatic carbocycles. The summed E-state index contributed by atoms with van der Waals surface area (Å²) in [5, 5.41) is 14.7. The van der Waals surface area contributed by atoms with Crippen LogP contribution in [0.1, 0.15) is 62.9 Å². The summed E-state index contributed by atoms with van der Waals surface area (Å²) in [7, 11) is 0. The molecule has 3 aromatic rings. The van der Waals surface area contributed by atoms with Crippen molar-refractivity contribution in [1.29, 1.82) is 0 Å². The minimum absolute atomic E-state index is 0.0858. The minimum Gasteiger partial charge on any atom is -0.389 e. The quantitative estimate of drug-likeness (QED) is 0.332. The number of nitrogens with one attached hydrogen (secondary N) is 1. The standard InChI is InChI=1S/C39H50FN5O4/c1-38(2,3)42-36(47)31-24-43(23-27-14-11-17-41-22-27)18-19-44(31)25-32(46)34(40)30(20-26-12-7-6-8-13-26)37(48)45-35-29-16-10-9-15-28(29)21-33(35)49-39(45,4)5/h6-17,22,30-35,46H,18-21,23-25H2,1-5H3,(H,42,47)/t30-,31+,32-,33-,34+,35+/m1/s1. The number of fused-ring (bicyclic) bond motifs is 3. The zero-order valence-corrected chi connectivity index (χ0v) is 29.3. The molecule has 2 fully saturated rings. The summed E-state index contributed by atoms with van der Waals surface area (Å²) in [6.07, 6.45) is 0.734. The van der Waals surface area contributed by atoms with E-state index in [1.54, 1.807) is 11.1 Å². The van der Waals surface area contributed by atoms with Gasteiger partial charge in [0.25, 0.3) is 0 Å². The van der Waals surface area contributed by atoms with Crippen LogP contribution < -0.4 is 5.32 Å². The summed E-state index contributed by atoms with van der Waals surface area (Å²) >= 11 is 0. The number of aliphatic hydroxyl groups is 1. The number of β-amino-alcohol motifs (C(OH)–C–C–N with tert-alkyl or cyclic N) is 1. The van der Waals surface area contributed by atoms with Gasteiger partial charge >= 0.3 is 0 Å². The van der Waals surface area contributed by atoms with E-state index in [1.165, 1.54) is 0 Å². The Kier molecular flexibility index (Phi) is 10.2. The van der Waals surface area contributed by atoms with E-state index in [-0.39, 0.29) is 36.9 Å². The van der Waals surface area contributed by atoms with Crippen LogP contribution in [0, 0.1) is 5.92 Å². The normalized spacial score (nSPS) is 24.1. The molecule has 0 unspecified atom stereocenters. The summed E-state index contributed by atoms with van der Waals surface area (Å²) in [6.45, 7) is 11.5. The summed E-state index contributed by atoms with van der Waals surface area (Å²) in [4.78, 5) is 38.4. The third kappa shape index (κ3) is 7.88. The van der Waals surface area contributed by atoms with Crippen molar-refractivity contribution in [1.82, 2.24) is 25.0 Å². The van der Waals surface area contributed by atoms with E-state index in [2.05, 4.69) is 21.3 Å². The fourth-order valence-electron chi connectivity index (χ4n) is 7.80. The SMILES string of the molecule is CC(C)(C)NC(=O)[C@@H]1CN(Cc2cccnc2)CCN1C[C@@H](O)[C@@H](F)[C@@H](Cc1ccccc1)C(=O)N1[C@H]2c3ccccc3C[C@H]2OC1(C)C. The van der Waals surface area contributed by atoms with Gasteiger partial charge in [0.15, 0.2) is 0 Å². The van der Waals surface area contributed by atoms with Gasteiger partial charge in [0, 0.05) is 57.1 Å². The van der Waals surface area contributed by atoms with E-state index in [9.17, 15) is 14.7 Å². The van der Waals surface area contributed by atoms with Gasteiger partial charge in [-0.15, -0.1) is 0 Å². The molecule has 0 bridgehead atoms. The number of benzene rings is 2. The first-order valence-electron chi connectivity index (χ1n) is 17.4. The highest BCUT2D eigenvalue weighted by molar-refractivity contribution is 5.83. The highest BCUT2D eigenvalue weighted by atomic mass is 19.1. The van der Waals surface area contributed by atoms with E-state index >= 15 is 4.39 Å². The van der Waals surface area contributed by atoms with Crippen molar-refractivity contribution in [3.05, 3.63) is 101 Å². The van der Waals surface area contributed by atoms with Crippen LogP contribution in [0.3, 0.4) is 0 Å². The molecule has 0 spiro atoms. The first kappa shape index (κ1) is 35.1. The molecule has 9 nitrogen and oxygen atoms in total. The summed E-state index contributed by atoms with van der Waals surface area (Å²) < 4.78 is 23.4. The molecule has 10 heteroatoms. The van der Waals surface area contributed by atoms with Gasteiger partial charge in [0.1, 0.15) is 17.9 Å². The second-order valence-electron chi connectivity index (χ2n) is 15.3. The van der Waals surface area contributed by atoms with E-state index < -0.39 is 35.5 Å². The third-order valence-corrected chi connectivity index (χ3v) is 9.98. The summed E-state index contributed by atoms with van der Waals surface area (Å²) in [5.74, 6) is -1.72. The molecule has 3 heterocycles. The van der Waals surface area contributed by atoms with E-state index in [0.29, 0.717) is 32.6 Å². The van der Waals surface area contributed by atoms with Gasteiger partial charge in [-0.2, -0.15) is 0 Å². The Morgan fingerprint density at radius 2 is 1.76 bits per heavy atom. The number of ether oxygens (including phenoxy) is 1. The number of carbonyl (C=O) groups is 2. The number of carbonyl (C=O) groups excluding carboxylic acids is 2. The number of alkyl halides is 1. The fraction of sp³-hybridized carbons (Fsp3) is 0.513. The lowest BCUT2D eigenvalue weighted by Crippen LogP contribution is -2.62. The Morgan fingerprint density at radius 1 is 1.04 bits per heavy atom. The van der Waals surface area contributed by atoms with Gasteiger partial charge in [0.05, 0.1) is 24.2 Å². The number of hydrogen-bond donors (Lipinski definition) is 2. The van der Waals surface area contributed by atoms with Crippen molar-refractivity contribution in [2.45, 2.75) is 95.7 Å². The summed E-state index contributed by atoms with van der Waals surface area (Å²) in [6, 6.07) is 20.4. The van der Waals surface area contributed by atoms with Gasteiger partial charge in [0.2, 0.25) is 11.8 Å². The molecule has 0 saturated carbocycles. The van der Waals surface area contributed by atoms with Gasteiger partial charge in [-0.25, -0.2) is 4.39 Å². The molecule has 1 aliphatic carbocycles. The lowest BCUT2D eigenvalue weighted by atomic mass is 9.88. The second-order valence-corrected chi connectivity index (χ2v) is 15.3. The lowest BCUT2D eigenvalue weighted by molar-refractivity contribution is -0.157. The average Bonchev–Trinajstić information content (AvgIpc) is 3.53. The van der Waals surface area contributed by atoms with E-state index in [1.807, 2.05) is 106 Å². The number of pyridine rings is 1. The highest BCUT2D eigenvalue weighted by Gasteiger charge is 2.55. The zero-order valence-electron chi connectivity index (χ0n) is 29.3. The maximum atomic E-state index is 17.0. The molecule has 0 radical (unpaired) electrons. The molecule has 2 aliphatic heterocycles. The Balaban J connectivity index is 1.24. The average molecular weight is 672 g/mol. The monoisotopic (exact) mass is 671 g/mol. The molecule has 2 N–H and O–H groups in total. The Bertz CT molecular complexity index is 1600. The molecule has 3 aliphatic rings. The third-order valence-electron chi connectivity index (χ3n) is 9.98. The van der Waals surface area contributed by atoms with Crippen molar-refractivity contribution < 1.29 is 23.8 Å². The van der Waals surface area contributed by atoms with Crippen molar-refractivity contribution >= 4 is 11.8 Å². The van der Waals surface area contributed by atoms with Crippen molar-refractivity contribution in [3.8, 4) is 0 Å². The largest absolute Gasteiger partial charge is 0.389 e. The van der Waals surface area contributed by atoms with Crippen molar-refractivity contribution in [2.75, 3.05) is 26.2 Å². The number of halogens is 1. The molecule has 2 saturated heterocycles. The lowest BCUT2D eigenvalue weighted by Gasteiger charge is -2.43. The van der Waals surface area contributed by atoms with Crippen molar-refractivity contribution in [3.63, 3.8) is 0 Å². The van der Waals surface area contributed by atoms with Crippen LogP contribution >= 0.6 is 0 Å². The molecule has 1 aromatic heterocycles. The number of piperazine rings is 1. The van der Waals surface area contributed by atoms with Crippen LogP contribution in [0.25, 0.3) is 0 Å². The zero-order chi connectivity index (χ0) is 34.9. The molecule has 6 rings (SSSR count). The topological polar surface area (TPSA) is 98.2 Å². The van der Waals surface area contributed by atoms with Gasteiger partial charge in [-0.1, -0.05) is 60.7 Å². The molecule has 262 valence electrons. The van der Waals surface area contributed by atoms with Gasteiger partial charge in [-0.3, -0.25) is 24.4 Å². The predicted octanol–water partition coefficient (Wildman–Crippen LogP) is 4.30. The Labute approximate surface area is 289 Å². The fourth-order valence-corrected chi connectivity index (χ4v) is 7.80. The van der Waals surface area contributed by atoms with E-state index in [0.717, 1.165) is 22.3 Å². The summed E-state index contributed by atoms with van der Waals surface area (Å²) in [5.41, 5.74) is 2.58. The number of aliphatic hydroxyl groups excluding tert-OH is 1. The first-order valence-corrected chi connectivity index (χ1v) is 17.4. The van der Waals surface area contributed by atoms with Crippen LogP contribution in [-0.2, 0) is 33.7 Å². The molecule has 49 heavy (non-hydrogen) atoms. The van der Waals surface area contributed by atoms with Crippen LogP contribution in [0.5, 0.6) is 0 Å². The maximum absolute atomic E-state index is 17.0. The molecular formula is C39H50FN5O4. The van der Waals surface area contributed by atoms with Gasteiger partial charge in [-0.05, 0) is 69.4 Å². The number of rotatable bonds is 10. The van der Waals surface area contributed by atoms with Crippen LogP contribution in [0.2, 0.25) is 0 Å². The van der Waals surface area contributed by atoms with E-state index in [4.69, 9.17) is 4.74 Å². The first-order chi connectivity index (χ1) is 23.3. The molecule has 6 atom stereocenters. The Hall–Kier alpha value is -3.70. The molecular weight excluding hydrogens is 621 g/mol. The smallest absolute Gasteiger partial charge is 0.239 e. The van der Waals surface area contributed by atoms with Gasteiger partial charge < -0.3 is 20.1 Å². The van der Waals surface area contributed by atoms with Crippen molar-refractivity contribution in [2.24, 2.45) is 5.92 Å². The Morgan fingerprint density at radius 3 is 2.47 bits per heavy atom. The minimum atomic E-state index is -1.89. The van der Waals surface area contributed by atoms with Crippen LogP contribution in [0.4, 0.5) is 4.39 Å². The predicted molar refractivity (Wildman–Crippen MR) is 186 cm³/mol. The molecule has 2 amide bonds. The highest BCUT2D eigenvalue weighted by Crippen LogP contribution is 2.49. The number of aromatic nitrogens is 1. The van der Waals surface area contributed by atoms with Crippen LogP contribution in [-0.4, -0.2) is 98.5 Å². The second kappa shape index (κ2) is 14.3. The number of amides is 2. The maximum Gasteiger partial charge on any atom is 0.239 e.